The quantitative estimate of drug-likeness (QED) is 0.463. The molecule has 7 heteroatoms. The summed E-state index contributed by atoms with van der Waals surface area (Å²) in [5.74, 6) is 0.462. The molecule has 2 aromatic carbocycles. The predicted octanol–water partition coefficient (Wildman–Crippen LogP) is 6.10. The monoisotopic (exact) mass is 459 g/mol. The normalized spacial score (nSPS) is 13.4. The van der Waals surface area contributed by atoms with Gasteiger partial charge in [0, 0.05) is 23.1 Å². The lowest BCUT2D eigenvalue weighted by molar-refractivity contribution is 0.0745. The molecule has 0 unspecified atom stereocenters. The Morgan fingerprint density at radius 3 is 2.57 bits per heavy atom. The molecule has 0 saturated heterocycles. The number of halogens is 2. The van der Waals surface area contributed by atoms with Gasteiger partial charge in [0.25, 0.3) is 5.91 Å². The Bertz CT molecular complexity index is 1060. The Morgan fingerprint density at radius 2 is 1.90 bits per heavy atom. The minimum Gasteiger partial charge on any atom is -0.375 e. The van der Waals surface area contributed by atoms with Crippen LogP contribution in [0.5, 0.6) is 0 Å². The molecular formula is C23H23Cl2N3OS. The summed E-state index contributed by atoms with van der Waals surface area (Å²) in [4.78, 5) is 20.6. The van der Waals surface area contributed by atoms with E-state index in [4.69, 9.17) is 28.9 Å². The van der Waals surface area contributed by atoms with Gasteiger partial charge in [-0.2, -0.15) is 0 Å². The van der Waals surface area contributed by atoms with Gasteiger partial charge in [-0.3, -0.25) is 4.79 Å². The molecule has 0 aliphatic heterocycles. The minimum absolute atomic E-state index is 0.0884. The highest BCUT2D eigenvalue weighted by Gasteiger charge is 2.30. The smallest absolute Gasteiger partial charge is 0.274 e. The van der Waals surface area contributed by atoms with Crippen molar-refractivity contribution in [3.63, 3.8) is 0 Å². The summed E-state index contributed by atoms with van der Waals surface area (Å²) < 4.78 is 0. The topological polar surface area (TPSA) is 59.2 Å². The average Bonchev–Trinajstić information content (AvgIpc) is 3.44. The number of hydrogen-bond acceptors (Lipinski definition) is 4. The van der Waals surface area contributed by atoms with Gasteiger partial charge in [-0.1, -0.05) is 70.4 Å². The molecule has 1 aliphatic rings. The second-order valence-electron chi connectivity index (χ2n) is 7.74. The van der Waals surface area contributed by atoms with E-state index in [2.05, 4.69) is 11.1 Å². The maximum atomic E-state index is 13.5. The van der Waals surface area contributed by atoms with E-state index in [0.29, 0.717) is 46.3 Å². The minimum atomic E-state index is -0.0884. The van der Waals surface area contributed by atoms with E-state index in [9.17, 15) is 4.79 Å². The van der Waals surface area contributed by atoms with Crippen LogP contribution >= 0.6 is 34.5 Å². The number of benzene rings is 2. The second-order valence-corrected chi connectivity index (χ2v) is 9.59. The molecule has 1 amide bonds. The zero-order chi connectivity index (χ0) is 21.3. The number of carbonyl (C=O) groups excluding carboxylic acids is 1. The molecule has 30 heavy (non-hydrogen) atoms. The molecule has 1 fully saturated rings. The van der Waals surface area contributed by atoms with Crippen molar-refractivity contribution in [2.45, 2.75) is 26.2 Å². The first-order chi connectivity index (χ1) is 14.4. The van der Waals surface area contributed by atoms with Crippen molar-refractivity contribution in [1.82, 2.24) is 9.88 Å². The number of anilines is 1. The van der Waals surface area contributed by atoms with E-state index >= 15 is 0 Å². The summed E-state index contributed by atoms with van der Waals surface area (Å²) in [6.07, 6.45) is 2.90. The van der Waals surface area contributed by atoms with Crippen molar-refractivity contribution in [2.24, 2.45) is 5.92 Å². The van der Waals surface area contributed by atoms with Crippen LogP contribution in [0.2, 0.25) is 10.0 Å². The van der Waals surface area contributed by atoms with E-state index in [1.807, 2.05) is 48.2 Å². The van der Waals surface area contributed by atoms with Gasteiger partial charge in [-0.05, 0) is 55.4 Å². The van der Waals surface area contributed by atoms with Gasteiger partial charge in [0.05, 0.1) is 4.88 Å². The van der Waals surface area contributed by atoms with E-state index in [1.165, 1.54) is 11.3 Å². The van der Waals surface area contributed by atoms with Crippen LogP contribution < -0.4 is 5.73 Å². The third-order valence-corrected chi connectivity index (χ3v) is 6.92. The van der Waals surface area contributed by atoms with E-state index in [1.54, 1.807) is 0 Å². The summed E-state index contributed by atoms with van der Waals surface area (Å²) in [5.41, 5.74) is 9.40. The van der Waals surface area contributed by atoms with Crippen molar-refractivity contribution >= 4 is 45.6 Å². The number of carbonyl (C=O) groups is 1. The van der Waals surface area contributed by atoms with Gasteiger partial charge < -0.3 is 10.6 Å². The summed E-state index contributed by atoms with van der Waals surface area (Å²) in [5, 5.41) is 1.65. The Balaban J connectivity index is 1.61. The molecule has 156 valence electrons. The number of nitrogens with zero attached hydrogens (tertiary/aromatic N) is 2. The van der Waals surface area contributed by atoms with Crippen molar-refractivity contribution in [3.05, 3.63) is 69.3 Å². The summed E-state index contributed by atoms with van der Waals surface area (Å²) in [6.45, 7) is 3.27. The molecule has 1 aromatic heterocycles. The lowest BCUT2D eigenvalue weighted by atomic mass is 10.1. The number of thiazole rings is 1. The molecule has 0 radical (unpaired) electrons. The van der Waals surface area contributed by atoms with Crippen LogP contribution in [-0.2, 0) is 6.42 Å². The van der Waals surface area contributed by atoms with Crippen LogP contribution in [0, 0.1) is 12.8 Å². The average molecular weight is 460 g/mol. The Hall–Kier alpha value is -2.08. The standard InChI is InChI=1S/C23H23Cl2N3OS/c1-14-4-2-5-16(12-14)21-20(27-23(26)30-21)22(29)28(13-15-8-9-15)11-10-17-18(24)6-3-7-19(17)25/h2-7,12,15H,8-11,13H2,1H3,(H2,26,27). The highest BCUT2D eigenvalue weighted by atomic mass is 35.5. The summed E-state index contributed by atoms with van der Waals surface area (Å²) in [6, 6.07) is 13.5. The van der Waals surface area contributed by atoms with Gasteiger partial charge in [0.15, 0.2) is 5.13 Å². The number of aromatic nitrogens is 1. The number of hydrogen-bond donors (Lipinski definition) is 1. The fourth-order valence-corrected chi connectivity index (χ4v) is 4.93. The van der Waals surface area contributed by atoms with E-state index in [0.717, 1.165) is 34.4 Å². The number of aryl methyl sites for hydroxylation is 1. The van der Waals surface area contributed by atoms with Crippen LogP contribution in [-0.4, -0.2) is 28.9 Å². The highest BCUT2D eigenvalue weighted by Crippen LogP contribution is 2.35. The zero-order valence-electron chi connectivity index (χ0n) is 16.7. The molecule has 3 aromatic rings. The van der Waals surface area contributed by atoms with Gasteiger partial charge in [-0.15, -0.1) is 0 Å². The number of rotatable bonds is 7. The number of nitrogens with two attached hydrogens (primary N) is 1. The van der Waals surface area contributed by atoms with Gasteiger partial charge in [-0.25, -0.2) is 4.98 Å². The number of amides is 1. The largest absolute Gasteiger partial charge is 0.375 e. The molecule has 4 nitrogen and oxygen atoms in total. The molecule has 0 atom stereocenters. The summed E-state index contributed by atoms with van der Waals surface area (Å²) >= 11 is 14.0. The maximum Gasteiger partial charge on any atom is 0.274 e. The van der Waals surface area contributed by atoms with Crippen LogP contribution in [0.1, 0.15) is 34.5 Å². The molecule has 0 bridgehead atoms. The Labute approximate surface area is 190 Å². The van der Waals surface area contributed by atoms with Crippen LogP contribution in [0.4, 0.5) is 5.13 Å². The van der Waals surface area contributed by atoms with E-state index < -0.39 is 0 Å². The first-order valence-electron chi connectivity index (χ1n) is 9.98. The SMILES string of the molecule is Cc1cccc(-c2sc(N)nc2C(=O)N(CCc2c(Cl)cccc2Cl)CC2CC2)c1. The zero-order valence-corrected chi connectivity index (χ0v) is 19.0. The van der Waals surface area contributed by atoms with Crippen LogP contribution in [0.25, 0.3) is 10.4 Å². The molecule has 1 heterocycles. The first-order valence-corrected chi connectivity index (χ1v) is 11.5. The molecule has 1 saturated carbocycles. The first kappa shape index (κ1) is 21.2. The van der Waals surface area contributed by atoms with Gasteiger partial charge in [0.2, 0.25) is 0 Å². The van der Waals surface area contributed by atoms with Crippen molar-refractivity contribution in [3.8, 4) is 10.4 Å². The van der Waals surface area contributed by atoms with Crippen LogP contribution in [0.3, 0.4) is 0 Å². The fourth-order valence-electron chi connectivity index (χ4n) is 3.52. The third-order valence-electron chi connectivity index (χ3n) is 5.28. The van der Waals surface area contributed by atoms with Crippen LogP contribution in [0.15, 0.2) is 42.5 Å². The lowest BCUT2D eigenvalue weighted by Crippen LogP contribution is -2.35. The van der Waals surface area contributed by atoms with Gasteiger partial charge >= 0.3 is 0 Å². The Morgan fingerprint density at radius 1 is 1.20 bits per heavy atom. The molecule has 2 N–H and O–H groups in total. The fraction of sp³-hybridized carbons (Fsp3) is 0.304. The van der Waals surface area contributed by atoms with Crippen molar-refractivity contribution in [1.29, 1.82) is 0 Å². The molecular weight excluding hydrogens is 437 g/mol. The third kappa shape index (κ3) is 4.80. The number of nitrogen functional groups attached to an aromatic ring is 1. The van der Waals surface area contributed by atoms with Gasteiger partial charge in [0.1, 0.15) is 5.69 Å². The highest BCUT2D eigenvalue weighted by molar-refractivity contribution is 7.19. The molecule has 4 rings (SSSR count). The summed E-state index contributed by atoms with van der Waals surface area (Å²) in [7, 11) is 0. The predicted molar refractivity (Wildman–Crippen MR) is 125 cm³/mol. The van der Waals surface area contributed by atoms with Crippen molar-refractivity contribution < 1.29 is 4.79 Å². The lowest BCUT2D eigenvalue weighted by Gasteiger charge is -2.23. The molecule has 1 aliphatic carbocycles. The van der Waals surface area contributed by atoms with Crippen molar-refractivity contribution in [2.75, 3.05) is 18.8 Å². The second kappa shape index (κ2) is 8.96. The maximum absolute atomic E-state index is 13.5. The Kier molecular flexibility index (Phi) is 6.32. The molecule has 0 spiro atoms. The van der Waals surface area contributed by atoms with E-state index in [-0.39, 0.29) is 5.91 Å².